The SMILES string of the molecule is O=C1CCc2c(Oc3ccc4c(c3)C[C@@H](C(=O)NCC(=O)c3ccc(F)cc3)CO4)ccnc2N1. The van der Waals surface area contributed by atoms with Crippen LogP contribution in [0.5, 0.6) is 17.2 Å². The molecular weight excluding hydrogens is 453 g/mol. The number of carbonyl (C=O) groups is 3. The zero-order chi connectivity index (χ0) is 24.4. The van der Waals surface area contributed by atoms with Gasteiger partial charge >= 0.3 is 0 Å². The molecule has 2 amide bonds. The topological polar surface area (TPSA) is 107 Å². The second-order valence-corrected chi connectivity index (χ2v) is 8.42. The van der Waals surface area contributed by atoms with Gasteiger partial charge < -0.3 is 20.1 Å². The third-order valence-corrected chi connectivity index (χ3v) is 6.00. The second-order valence-electron chi connectivity index (χ2n) is 8.42. The highest BCUT2D eigenvalue weighted by atomic mass is 19.1. The van der Waals surface area contributed by atoms with Crippen molar-refractivity contribution in [2.75, 3.05) is 18.5 Å². The first-order chi connectivity index (χ1) is 17.0. The van der Waals surface area contributed by atoms with Gasteiger partial charge in [-0.2, -0.15) is 0 Å². The molecule has 2 aliphatic rings. The number of ether oxygens (including phenoxy) is 2. The molecular formula is C26H22FN3O5. The van der Waals surface area contributed by atoms with Gasteiger partial charge in [-0.15, -0.1) is 0 Å². The largest absolute Gasteiger partial charge is 0.492 e. The van der Waals surface area contributed by atoms with Gasteiger partial charge in [0.1, 0.15) is 35.5 Å². The van der Waals surface area contributed by atoms with Crippen molar-refractivity contribution in [3.8, 4) is 17.2 Å². The maximum absolute atomic E-state index is 13.0. The smallest absolute Gasteiger partial charge is 0.227 e. The lowest BCUT2D eigenvalue weighted by Gasteiger charge is -2.25. The normalized spacial score (nSPS) is 16.3. The van der Waals surface area contributed by atoms with Crippen LogP contribution in [0.1, 0.15) is 27.9 Å². The maximum Gasteiger partial charge on any atom is 0.227 e. The minimum atomic E-state index is -0.470. The van der Waals surface area contributed by atoms with Crippen LogP contribution in [-0.4, -0.2) is 35.7 Å². The van der Waals surface area contributed by atoms with E-state index >= 15 is 0 Å². The summed E-state index contributed by atoms with van der Waals surface area (Å²) in [5.41, 5.74) is 1.98. The van der Waals surface area contributed by atoms with Crippen LogP contribution in [0.2, 0.25) is 0 Å². The summed E-state index contributed by atoms with van der Waals surface area (Å²) in [6.45, 7) is 0.0159. The number of ketones is 1. The number of carbonyl (C=O) groups excluding carboxylic acids is 3. The molecule has 0 bridgehead atoms. The summed E-state index contributed by atoms with van der Waals surface area (Å²) in [7, 11) is 0. The Bertz CT molecular complexity index is 1310. The van der Waals surface area contributed by atoms with E-state index in [0.717, 1.165) is 11.1 Å². The summed E-state index contributed by atoms with van der Waals surface area (Å²) in [5.74, 6) is 0.798. The highest BCUT2D eigenvalue weighted by Crippen LogP contribution is 2.36. The molecule has 2 N–H and O–H groups in total. The molecule has 35 heavy (non-hydrogen) atoms. The first-order valence-corrected chi connectivity index (χ1v) is 11.2. The van der Waals surface area contributed by atoms with E-state index in [4.69, 9.17) is 9.47 Å². The van der Waals surface area contributed by atoms with Crippen molar-refractivity contribution >= 4 is 23.4 Å². The number of aromatic nitrogens is 1. The van der Waals surface area contributed by atoms with Gasteiger partial charge in [-0.25, -0.2) is 9.37 Å². The molecule has 178 valence electrons. The molecule has 0 unspecified atom stereocenters. The first-order valence-electron chi connectivity index (χ1n) is 11.2. The molecule has 1 aromatic heterocycles. The Morgan fingerprint density at radius 3 is 2.80 bits per heavy atom. The number of nitrogens with zero attached hydrogens (tertiary/aromatic N) is 1. The van der Waals surface area contributed by atoms with Crippen LogP contribution in [0.25, 0.3) is 0 Å². The van der Waals surface area contributed by atoms with Crippen molar-refractivity contribution in [2.24, 2.45) is 5.92 Å². The van der Waals surface area contributed by atoms with Crippen molar-refractivity contribution in [1.29, 1.82) is 0 Å². The molecule has 1 atom stereocenters. The molecule has 2 aliphatic heterocycles. The fourth-order valence-corrected chi connectivity index (χ4v) is 4.13. The summed E-state index contributed by atoms with van der Waals surface area (Å²) >= 11 is 0. The highest BCUT2D eigenvalue weighted by molar-refractivity contribution is 5.99. The van der Waals surface area contributed by atoms with Gasteiger partial charge in [0.15, 0.2) is 5.78 Å². The van der Waals surface area contributed by atoms with Gasteiger partial charge in [0.2, 0.25) is 11.8 Å². The molecule has 0 saturated carbocycles. The number of Topliss-reactive ketones (excluding diaryl/α,β-unsaturated/α-hetero) is 1. The van der Waals surface area contributed by atoms with Crippen LogP contribution in [0.4, 0.5) is 10.2 Å². The predicted molar refractivity (Wildman–Crippen MR) is 124 cm³/mol. The third kappa shape index (κ3) is 4.98. The van der Waals surface area contributed by atoms with Crippen LogP contribution >= 0.6 is 0 Å². The lowest BCUT2D eigenvalue weighted by molar-refractivity contribution is -0.126. The Balaban J connectivity index is 1.24. The molecule has 0 radical (unpaired) electrons. The van der Waals surface area contributed by atoms with Crippen LogP contribution < -0.4 is 20.1 Å². The molecule has 8 nitrogen and oxygen atoms in total. The number of anilines is 1. The molecule has 0 aliphatic carbocycles. The van der Waals surface area contributed by atoms with Gasteiger partial charge in [0.25, 0.3) is 0 Å². The molecule has 5 rings (SSSR count). The predicted octanol–water partition coefficient (Wildman–Crippen LogP) is 3.45. The van der Waals surface area contributed by atoms with Gasteiger partial charge in [0, 0.05) is 23.7 Å². The van der Waals surface area contributed by atoms with Gasteiger partial charge in [-0.3, -0.25) is 14.4 Å². The molecule has 9 heteroatoms. The molecule has 3 heterocycles. The Hall–Kier alpha value is -4.27. The minimum Gasteiger partial charge on any atom is -0.492 e. The lowest BCUT2D eigenvalue weighted by Crippen LogP contribution is -2.39. The standard InChI is InChI=1S/C26H22FN3O5/c27-18-3-1-15(2-4-18)21(31)13-29-26(33)17-11-16-12-19(5-7-22(16)34-14-17)35-23-9-10-28-25-20(23)6-8-24(32)30-25/h1-5,7,9-10,12,17H,6,8,11,13-14H2,(H,29,33)(H,28,30,32)/t17-/m1/s1. The van der Waals surface area contributed by atoms with Crippen molar-refractivity contribution in [2.45, 2.75) is 19.3 Å². The second kappa shape index (κ2) is 9.54. The van der Waals surface area contributed by atoms with E-state index < -0.39 is 11.7 Å². The van der Waals surface area contributed by atoms with Crippen molar-refractivity contribution < 1.29 is 28.2 Å². The number of fused-ring (bicyclic) bond motifs is 2. The molecule has 0 spiro atoms. The highest BCUT2D eigenvalue weighted by Gasteiger charge is 2.27. The summed E-state index contributed by atoms with van der Waals surface area (Å²) in [6.07, 6.45) is 2.91. The lowest BCUT2D eigenvalue weighted by atomic mass is 9.95. The number of halogens is 1. The summed E-state index contributed by atoms with van der Waals surface area (Å²) in [4.78, 5) is 40.8. The zero-order valence-electron chi connectivity index (χ0n) is 18.7. The van der Waals surface area contributed by atoms with E-state index in [1.807, 2.05) is 6.07 Å². The van der Waals surface area contributed by atoms with E-state index in [0.29, 0.717) is 47.9 Å². The van der Waals surface area contributed by atoms with Gasteiger partial charge in [-0.05, 0) is 66.9 Å². The molecule has 3 aromatic rings. The van der Waals surface area contributed by atoms with E-state index in [1.54, 1.807) is 24.4 Å². The zero-order valence-corrected chi connectivity index (χ0v) is 18.7. The number of rotatable bonds is 6. The monoisotopic (exact) mass is 475 g/mol. The van der Waals surface area contributed by atoms with E-state index in [9.17, 15) is 18.8 Å². The van der Waals surface area contributed by atoms with Crippen molar-refractivity contribution in [3.05, 3.63) is 77.2 Å². The van der Waals surface area contributed by atoms with Crippen LogP contribution in [0.3, 0.4) is 0 Å². The fourth-order valence-electron chi connectivity index (χ4n) is 4.13. The maximum atomic E-state index is 13.0. The Morgan fingerprint density at radius 1 is 1.14 bits per heavy atom. The van der Waals surface area contributed by atoms with Crippen molar-refractivity contribution in [1.82, 2.24) is 10.3 Å². The summed E-state index contributed by atoms with van der Waals surface area (Å²) in [6, 6.07) is 12.4. The van der Waals surface area contributed by atoms with E-state index in [-0.39, 0.29) is 30.7 Å². The van der Waals surface area contributed by atoms with Crippen LogP contribution in [0.15, 0.2) is 54.7 Å². The number of nitrogens with one attached hydrogen (secondary N) is 2. The van der Waals surface area contributed by atoms with Crippen LogP contribution in [0, 0.1) is 11.7 Å². The van der Waals surface area contributed by atoms with E-state index in [2.05, 4.69) is 15.6 Å². The summed E-state index contributed by atoms with van der Waals surface area (Å²) in [5, 5.41) is 5.41. The van der Waals surface area contributed by atoms with Crippen molar-refractivity contribution in [3.63, 3.8) is 0 Å². The number of hydrogen-bond donors (Lipinski definition) is 2. The average Bonchev–Trinajstić information content (AvgIpc) is 2.87. The Labute approximate surface area is 200 Å². The number of hydrogen-bond acceptors (Lipinski definition) is 6. The van der Waals surface area contributed by atoms with Gasteiger partial charge in [0.05, 0.1) is 12.5 Å². The fraction of sp³-hybridized carbons (Fsp3) is 0.231. The van der Waals surface area contributed by atoms with Crippen LogP contribution in [-0.2, 0) is 22.4 Å². The quantitative estimate of drug-likeness (QED) is 0.529. The third-order valence-electron chi connectivity index (χ3n) is 6.00. The minimum absolute atomic E-state index is 0.0724. The Morgan fingerprint density at radius 2 is 1.97 bits per heavy atom. The molecule has 2 aromatic carbocycles. The summed E-state index contributed by atoms with van der Waals surface area (Å²) < 4.78 is 24.9. The number of pyridine rings is 1. The van der Waals surface area contributed by atoms with Gasteiger partial charge in [-0.1, -0.05) is 0 Å². The first kappa shape index (κ1) is 22.5. The number of benzene rings is 2. The van der Waals surface area contributed by atoms with E-state index in [1.165, 1.54) is 24.3 Å². The average molecular weight is 475 g/mol. The molecule has 0 fully saturated rings. The number of amides is 2. The Kier molecular flexibility index (Phi) is 6.13. The molecule has 0 saturated heterocycles.